The number of likely N-dealkylation sites (tertiary alicyclic amines) is 1. The largest absolute Gasteiger partial charge is 0.493 e. The molecule has 5 rings (SSSR count). The van der Waals surface area contributed by atoms with Crippen LogP contribution in [0.5, 0.6) is 11.5 Å². The summed E-state index contributed by atoms with van der Waals surface area (Å²) in [4.78, 5) is 31.2. The second kappa shape index (κ2) is 12.2. The minimum Gasteiger partial charge on any atom is -0.493 e. The summed E-state index contributed by atoms with van der Waals surface area (Å²) < 4.78 is 42.7. The number of nitrogens with zero attached hydrogens (tertiary/aromatic N) is 3. The number of nitrogens with one attached hydrogen (secondary N) is 2. The van der Waals surface area contributed by atoms with Crippen LogP contribution in [0.2, 0.25) is 0 Å². The van der Waals surface area contributed by atoms with Gasteiger partial charge in [-0.05, 0) is 68.1 Å². The van der Waals surface area contributed by atoms with Crippen LogP contribution in [0.25, 0.3) is 22.3 Å². The summed E-state index contributed by atoms with van der Waals surface area (Å²) in [6.45, 7) is 6.59. The van der Waals surface area contributed by atoms with E-state index in [0.717, 1.165) is 25.2 Å². The van der Waals surface area contributed by atoms with Crippen LogP contribution < -0.4 is 25.4 Å². The van der Waals surface area contributed by atoms with Gasteiger partial charge in [0, 0.05) is 44.5 Å². The molecule has 224 valence electrons. The lowest BCUT2D eigenvalue weighted by Crippen LogP contribution is -2.44. The van der Waals surface area contributed by atoms with Crippen LogP contribution in [0.3, 0.4) is 0 Å². The van der Waals surface area contributed by atoms with Gasteiger partial charge in [-0.1, -0.05) is 18.2 Å². The van der Waals surface area contributed by atoms with E-state index in [1.54, 1.807) is 56.0 Å². The monoisotopic (exact) mass is 595 g/mol. The Labute approximate surface area is 244 Å². The van der Waals surface area contributed by atoms with E-state index in [4.69, 9.17) is 9.47 Å². The van der Waals surface area contributed by atoms with E-state index in [9.17, 15) is 18.0 Å². The molecule has 12 heteroatoms. The van der Waals surface area contributed by atoms with Crippen LogP contribution in [0.4, 0.5) is 0 Å². The fourth-order valence-electron chi connectivity index (χ4n) is 5.58. The van der Waals surface area contributed by atoms with Crippen LogP contribution in [-0.4, -0.2) is 60.8 Å². The molecule has 3 heterocycles. The molecule has 1 aliphatic rings. The van der Waals surface area contributed by atoms with Crippen molar-refractivity contribution in [1.29, 1.82) is 0 Å². The lowest BCUT2D eigenvalue weighted by molar-refractivity contribution is 0.199. The molecule has 2 aromatic heterocycles. The highest BCUT2D eigenvalue weighted by atomic mass is 32.2. The van der Waals surface area contributed by atoms with Crippen molar-refractivity contribution in [3.8, 4) is 22.8 Å². The highest BCUT2D eigenvalue weighted by Gasteiger charge is 2.25. The third-order valence-electron chi connectivity index (χ3n) is 7.88. The number of fused-ring (bicyclic) bond motifs is 1. The summed E-state index contributed by atoms with van der Waals surface area (Å²) in [5, 5.41) is 0. The molecule has 0 radical (unpaired) electrons. The number of hydrogen-bond acceptors (Lipinski definition) is 7. The third-order valence-corrected chi connectivity index (χ3v) is 9.42. The van der Waals surface area contributed by atoms with Crippen molar-refractivity contribution >= 4 is 21.1 Å². The van der Waals surface area contributed by atoms with Crippen molar-refractivity contribution in [1.82, 2.24) is 23.7 Å². The van der Waals surface area contributed by atoms with Gasteiger partial charge in [-0.3, -0.25) is 18.8 Å². The fourth-order valence-corrected chi connectivity index (χ4v) is 6.88. The van der Waals surface area contributed by atoms with Crippen LogP contribution in [0.1, 0.15) is 32.3 Å². The Morgan fingerprint density at radius 1 is 0.905 bits per heavy atom. The molecule has 1 saturated heterocycles. The molecule has 0 spiro atoms. The highest BCUT2D eigenvalue weighted by Crippen LogP contribution is 2.29. The predicted molar refractivity (Wildman–Crippen MR) is 162 cm³/mol. The van der Waals surface area contributed by atoms with Gasteiger partial charge in [-0.25, -0.2) is 17.9 Å². The quantitative estimate of drug-likeness (QED) is 0.288. The normalized spacial score (nSPS) is 14.9. The molecule has 2 N–H and O–H groups in total. The van der Waals surface area contributed by atoms with E-state index in [1.807, 2.05) is 25.1 Å². The van der Waals surface area contributed by atoms with Crippen molar-refractivity contribution in [3.63, 3.8) is 0 Å². The van der Waals surface area contributed by atoms with Gasteiger partial charge in [-0.2, -0.15) is 0 Å². The van der Waals surface area contributed by atoms with E-state index < -0.39 is 10.0 Å². The number of ether oxygens (including phenoxy) is 2. The molecule has 11 nitrogen and oxygen atoms in total. The first kappa shape index (κ1) is 29.6. The van der Waals surface area contributed by atoms with E-state index in [1.165, 1.54) is 4.57 Å². The first-order valence-electron chi connectivity index (χ1n) is 14.1. The number of aromatic nitrogens is 3. The molecule has 4 aromatic rings. The molecule has 0 atom stereocenters. The minimum atomic E-state index is -3.72. The van der Waals surface area contributed by atoms with Gasteiger partial charge in [0.05, 0.1) is 24.6 Å². The molecule has 0 saturated carbocycles. The second-order valence-electron chi connectivity index (χ2n) is 10.4. The Bertz CT molecular complexity index is 1800. The Hall–Kier alpha value is -3.87. The molecule has 1 aliphatic heterocycles. The van der Waals surface area contributed by atoms with Crippen molar-refractivity contribution in [2.45, 2.75) is 57.3 Å². The van der Waals surface area contributed by atoms with E-state index in [2.05, 4.69) is 14.6 Å². The summed E-state index contributed by atoms with van der Waals surface area (Å²) >= 11 is 0. The van der Waals surface area contributed by atoms with Gasteiger partial charge in [-0.15, -0.1) is 0 Å². The van der Waals surface area contributed by atoms with Gasteiger partial charge < -0.3 is 14.5 Å². The zero-order valence-corrected chi connectivity index (χ0v) is 25.2. The number of aryl methyl sites for hydroxylation is 1. The fraction of sp³-hybridized carbons (Fsp3) is 0.400. The van der Waals surface area contributed by atoms with Crippen molar-refractivity contribution in [2.24, 2.45) is 0 Å². The molecule has 42 heavy (non-hydrogen) atoms. The Morgan fingerprint density at radius 2 is 1.57 bits per heavy atom. The molecular formula is C30H37N5O6S. The van der Waals surface area contributed by atoms with E-state index in [0.29, 0.717) is 53.2 Å². The van der Waals surface area contributed by atoms with Crippen LogP contribution in [0.15, 0.2) is 63.0 Å². The summed E-state index contributed by atoms with van der Waals surface area (Å²) in [7, 11) is -0.491. The lowest BCUT2D eigenvalue weighted by Gasteiger charge is -2.32. The van der Waals surface area contributed by atoms with Crippen LogP contribution in [-0.2, 0) is 29.7 Å². The van der Waals surface area contributed by atoms with E-state index in [-0.39, 0.29) is 28.7 Å². The smallest absolute Gasteiger partial charge is 0.331 e. The molecule has 0 unspecified atom stereocenters. The number of H-pyrrole nitrogens is 1. The number of piperidine rings is 1. The average Bonchev–Trinajstić information content (AvgIpc) is 3.44. The van der Waals surface area contributed by atoms with Crippen LogP contribution in [0, 0.1) is 0 Å². The number of methoxy groups -OCH3 is 2. The maximum atomic E-state index is 13.2. The maximum absolute atomic E-state index is 13.2. The Kier molecular flexibility index (Phi) is 8.58. The summed E-state index contributed by atoms with van der Waals surface area (Å²) in [6, 6.07) is 14.0. The SMILES string of the molecule is CCn1c(=O)c2[nH]c(-c3ccc(S(=O)(=O)NC4CCN(Cc5ccc(OC)c(OC)c5)CC4)cc3)cc2n(CC)c1=O. The molecule has 0 bridgehead atoms. The second-order valence-corrected chi connectivity index (χ2v) is 12.1. The van der Waals surface area contributed by atoms with Gasteiger partial charge in [0.15, 0.2) is 11.5 Å². The number of hydrogen-bond donors (Lipinski definition) is 2. The molecule has 2 aromatic carbocycles. The third kappa shape index (κ3) is 5.74. The predicted octanol–water partition coefficient (Wildman–Crippen LogP) is 3.16. The van der Waals surface area contributed by atoms with Gasteiger partial charge in [0.2, 0.25) is 10.0 Å². The zero-order valence-electron chi connectivity index (χ0n) is 24.3. The van der Waals surface area contributed by atoms with Crippen molar-refractivity contribution in [2.75, 3.05) is 27.3 Å². The van der Waals surface area contributed by atoms with Crippen LogP contribution >= 0.6 is 0 Å². The standard InChI is InChI=1S/C30H37N5O6S/c1-5-34-25-18-24(31-28(25)29(36)35(6-2)30(34)37)21-8-10-23(11-9-21)42(38,39)32-22-13-15-33(16-14-22)19-20-7-12-26(40-3)27(17-20)41-4/h7-12,17-18,22,31-32H,5-6,13-16,19H2,1-4H3. The summed E-state index contributed by atoms with van der Waals surface area (Å²) in [6.07, 6.45) is 1.40. The molecule has 1 fully saturated rings. The topological polar surface area (TPSA) is 128 Å². The first-order chi connectivity index (χ1) is 20.2. The van der Waals surface area contributed by atoms with Crippen molar-refractivity contribution in [3.05, 3.63) is 74.9 Å². The summed E-state index contributed by atoms with van der Waals surface area (Å²) in [5.41, 5.74) is 2.62. The van der Waals surface area contributed by atoms with E-state index >= 15 is 0 Å². The highest BCUT2D eigenvalue weighted by molar-refractivity contribution is 7.89. The van der Waals surface area contributed by atoms with Crippen molar-refractivity contribution < 1.29 is 17.9 Å². The maximum Gasteiger partial charge on any atom is 0.331 e. The molecule has 0 aliphatic carbocycles. The number of aromatic amines is 1. The average molecular weight is 596 g/mol. The number of benzene rings is 2. The van der Waals surface area contributed by atoms with Gasteiger partial charge >= 0.3 is 5.69 Å². The molecular weight excluding hydrogens is 558 g/mol. The number of sulfonamides is 1. The van der Waals surface area contributed by atoms with Gasteiger partial charge in [0.25, 0.3) is 5.56 Å². The van der Waals surface area contributed by atoms with Gasteiger partial charge in [0.1, 0.15) is 5.52 Å². The first-order valence-corrected chi connectivity index (χ1v) is 15.6. The summed E-state index contributed by atoms with van der Waals surface area (Å²) in [5.74, 6) is 1.38. The minimum absolute atomic E-state index is 0.156. The Morgan fingerprint density at radius 3 is 2.19 bits per heavy atom. The Balaban J connectivity index is 1.25. The number of rotatable bonds is 10. The zero-order chi connectivity index (χ0) is 30.0. The molecule has 0 amide bonds. The lowest BCUT2D eigenvalue weighted by atomic mass is 10.1.